The van der Waals surface area contributed by atoms with Crippen LogP contribution in [0.15, 0.2) is 0 Å². The third-order valence-corrected chi connectivity index (χ3v) is 4.93. The van der Waals surface area contributed by atoms with E-state index in [1.807, 2.05) is 6.92 Å². The number of nitrogen functional groups attached to an aromatic ring is 1. The Kier molecular flexibility index (Phi) is 3.57. The van der Waals surface area contributed by atoms with Gasteiger partial charge < -0.3 is 10.5 Å². The zero-order valence-corrected chi connectivity index (χ0v) is 12.7. The molecular formula is C16H25N3O. The van der Waals surface area contributed by atoms with Crippen molar-refractivity contribution in [3.05, 3.63) is 11.4 Å². The maximum Gasteiger partial charge on any atom is 0.222 e. The van der Waals surface area contributed by atoms with E-state index < -0.39 is 0 Å². The van der Waals surface area contributed by atoms with Gasteiger partial charge >= 0.3 is 0 Å². The quantitative estimate of drug-likeness (QED) is 0.917. The summed E-state index contributed by atoms with van der Waals surface area (Å²) in [7, 11) is 0. The van der Waals surface area contributed by atoms with Crippen LogP contribution in [0, 0.1) is 18.8 Å². The molecule has 0 saturated heterocycles. The van der Waals surface area contributed by atoms with Crippen LogP contribution in [0.2, 0.25) is 0 Å². The Bertz CT molecular complexity index is 499. The molecule has 4 heteroatoms. The van der Waals surface area contributed by atoms with Gasteiger partial charge in [-0.1, -0.05) is 13.8 Å². The largest absolute Gasteiger partial charge is 0.474 e. The lowest BCUT2D eigenvalue weighted by Gasteiger charge is -2.32. The minimum Gasteiger partial charge on any atom is -0.474 e. The molecule has 3 unspecified atom stereocenters. The van der Waals surface area contributed by atoms with Crippen molar-refractivity contribution in [3.63, 3.8) is 0 Å². The molecule has 1 heterocycles. The summed E-state index contributed by atoms with van der Waals surface area (Å²) in [6, 6.07) is 0. The number of nitrogens with zero attached hydrogens (tertiary/aromatic N) is 2. The van der Waals surface area contributed by atoms with E-state index in [0.29, 0.717) is 17.6 Å². The van der Waals surface area contributed by atoms with Crippen LogP contribution in [0.1, 0.15) is 63.3 Å². The minimum absolute atomic E-state index is 0.279. The fraction of sp³-hybridized carbons (Fsp3) is 0.750. The molecule has 3 rings (SSSR count). The molecule has 1 aromatic rings. The average Bonchev–Trinajstić information content (AvgIpc) is 3.23. The summed E-state index contributed by atoms with van der Waals surface area (Å²) in [5.41, 5.74) is 6.90. The normalized spacial score (nSPS) is 30.2. The maximum atomic E-state index is 6.17. The molecule has 0 aromatic carbocycles. The van der Waals surface area contributed by atoms with Gasteiger partial charge in [0.25, 0.3) is 0 Å². The summed E-state index contributed by atoms with van der Waals surface area (Å²) in [5.74, 6) is 4.19. The van der Waals surface area contributed by atoms with Crippen molar-refractivity contribution in [1.29, 1.82) is 0 Å². The predicted molar refractivity (Wildman–Crippen MR) is 79.8 cm³/mol. The summed E-state index contributed by atoms with van der Waals surface area (Å²) >= 11 is 0. The summed E-state index contributed by atoms with van der Waals surface area (Å²) < 4.78 is 6.17. The Morgan fingerprint density at radius 2 is 1.80 bits per heavy atom. The monoisotopic (exact) mass is 275 g/mol. The first-order valence-electron chi connectivity index (χ1n) is 7.85. The molecule has 20 heavy (non-hydrogen) atoms. The van der Waals surface area contributed by atoms with Crippen LogP contribution in [0.3, 0.4) is 0 Å². The third kappa shape index (κ3) is 2.74. The molecule has 0 spiro atoms. The minimum atomic E-state index is 0.279. The topological polar surface area (TPSA) is 61.0 Å². The van der Waals surface area contributed by atoms with Crippen molar-refractivity contribution in [2.75, 3.05) is 5.73 Å². The summed E-state index contributed by atoms with van der Waals surface area (Å²) in [6.45, 7) is 6.60. The van der Waals surface area contributed by atoms with Crippen molar-refractivity contribution < 1.29 is 4.74 Å². The van der Waals surface area contributed by atoms with Crippen molar-refractivity contribution >= 4 is 5.82 Å². The molecule has 0 aliphatic heterocycles. The molecule has 2 aliphatic rings. The van der Waals surface area contributed by atoms with Crippen molar-refractivity contribution in [2.24, 2.45) is 11.8 Å². The molecule has 4 nitrogen and oxygen atoms in total. The van der Waals surface area contributed by atoms with Gasteiger partial charge in [-0.2, -0.15) is 4.98 Å². The van der Waals surface area contributed by atoms with E-state index in [2.05, 4.69) is 23.8 Å². The molecule has 2 aliphatic carbocycles. The lowest BCUT2D eigenvalue weighted by Crippen LogP contribution is -2.29. The number of nitrogens with two attached hydrogens (primary N) is 1. The molecule has 2 N–H and O–H groups in total. The van der Waals surface area contributed by atoms with Gasteiger partial charge in [-0.15, -0.1) is 0 Å². The van der Waals surface area contributed by atoms with Crippen molar-refractivity contribution in [3.8, 4) is 5.88 Å². The second-order valence-electron chi connectivity index (χ2n) is 6.68. The van der Waals surface area contributed by atoms with Gasteiger partial charge in [0.1, 0.15) is 17.7 Å². The number of anilines is 1. The SMILES string of the molecule is Cc1c(N)nc(C2CC2)nc1OC1CCC(C)C(C)C1. The van der Waals surface area contributed by atoms with Crippen molar-refractivity contribution in [1.82, 2.24) is 9.97 Å². The first kappa shape index (κ1) is 13.7. The highest BCUT2D eigenvalue weighted by Gasteiger charge is 2.30. The van der Waals surface area contributed by atoms with Gasteiger partial charge in [-0.05, 0) is 50.9 Å². The Balaban J connectivity index is 1.76. The summed E-state index contributed by atoms with van der Waals surface area (Å²) in [5, 5.41) is 0. The van der Waals surface area contributed by atoms with Gasteiger partial charge in [0, 0.05) is 5.92 Å². The van der Waals surface area contributed by atoms with Gasteiger partial charge in [0.05, 0.1) is 5.56 Å². The number of hydrogen-bond donors (Lipinski definition) is 1. The number of ether oxygens (including phenoxy) is 1. The summed E-state index contributed by atoms with van der Waals surface area (Å²) in [6.07, 6.45) is 6.11. The summed E-state index contributed by atoms with van der Waals surface area (Å²) in [4.78, 5) is 9.02. The van der Waals surface area contributed by atoms with Gasteiger partial charge in [0.15, 0.2) is 0 Å². The zero-order valence-electron chi connectivity index (χ0n) is 12.7. The average molecular weight is 275 g/mol. The molecule has 3 atom stereocenters. The predicted octanol–water partition coefficient (Wildman–Crippen LogP) is 3.45. The first-order valence-corrected chi connectivity index (χ1v) is 7.85. The lowest BCUT2D eigenvalue weighted by atomic mass is 9.80. The van der Waals surface area contributed by atoms with E-state index in [1.165, 1.54) is 19.3 Å². The molecule has 110 valence electrons. The molecule has 2 fully saturated rings. The molecule has 0 bridgehead atoms. The molecule has 1 aromatic heterocycles. The van der Waals surface area contributed by atoms with Gasteiger partial charge in [0.2, 0.25) is 5.88 Å². The molecule has 0 radical (unpaired) electrons. The Morgan fingerprint density at radius 1 is 1.05 bits per heavy atom. The molecule has 2 saturated carbocycles. The molecule has 0 amide bonds. The second-order valence-corrected chi connectivity index (χ2v) is 6.68. The smallest absolute Gasteiger partial charge is 0.222 e. The van der Waals surface area contributed by atoms with Crippen LogP contribution >= 0.6 is 0 Å². The van der Waals surface area contributed by atoms with Crippen LogP contribution in [0.4, 0.5) is 5.82 Å². The fourth-order valence-corrected chi connectivity index (χ4v) is 2.93. The highest BCUT2D eigenvalue weighted by Crippen LogP contribution is 2.40. The maximum absolute atomic E-state index is 6.17. The van der Waals surface area contributed by atoms with Gasteiger partial charge in [-0.25, -0.2) is 4.98 Å². The van der Waals surface area contributed by atoms with Crippen LogP contribution in [0.5, 0.6) is 5.88 Å². The lowest BCUT2D eigenvalue weighted by molar-refractivity contribution is 0.0954. The third-order valence-electron chi connectivity index (χ3n) is 4.93. The number of aromatic nitrogens is 2. The fourth-order valence-electron chi connectivity index (χ4n) is 2.93. The molecular weight excluding hydrogens is 250 g/mol. The van der Waals surface area contributed by atoms with E-state index in [-0.39, 0.29) is 6.10 Å². The van der Waals surface area contributed by atoms with Crippen LogP contribution in [-0.2, 0) is 0 Å². The van der Waals surface area contributed by atoms with Crippen LogP contribution in [-0.4, -0.2) is 16.1 Å². The first-order chi connectivity index (χ1) is 9.54. The Morgan fingerprint density at radius 3 is 2.45 bits per heavy atom. The van der Waals surface area contributed by atoms with Gasteiger partial charge in [-0.3, -0.25) is 0 Å². The zero-order chi connectivity index (χ0) is 14.3. The van der Waals surface area contributed by atoms with E-state index in [1.54, 1.807) is 0 Å². The number of rotatable bonds is 3. The second kappa shape index (κ2) is 5.23. The highest BCUT2D eigenvalue weighted by molar-refractivity contribution is 5.45. The Labute approximate surface area is 121 Å². The standard InChI is InChI=1S/C16H25N3O/c1-9-4-7-13(8-10(9)2)20-16-11(3)14(17)18-15(19-16)12-5-6-12/h9-10,12-13H,4-8H2,1-3H3,(H2,17,18,19). The van der Waals surface area contributed by atoms with Crippen molar-refractivity contribution in [2.45, 2.75) is 64.9 Å². The van der Waals surface area contributed by atoms with E-state index in [4.69, 9.17) is 10.5 Å². The highest BCUT2D eigenvalue weighted by atomic mass is 16.5. The van der Waals surface area contributed by atoms with E-state index >= 15 is 0 Å². The number of hydrogen-bond acceptors (Lipinski definition) is 4. The Hall–Kier alpha value is -1.32. The van der Waals surface area contributed by atoms with E-state index in [9.17, 15) is 0 Å². The van der Waals surface area contributed by atoms with E-state index in [0.717, 1.165) is 36.1 Å². The van der Waals surface area contributed by atoms with Crippen LogP contribution in [0.25, 0.3) is 0 Å². The van der Waals surface area contributed by atoms with Crippen LogP contribution < -0.4 is 10.5 Å².